The maximum atomic E-state index is 5.96. The molecule has 2 rings (SSSR count). The third kappa shape index (κ3) is 4.71. The van der Waals surface area contributed by atoms with Crippen molar-refractivity contribution >= 4 is 0 Å². The molecule has 1 N–H and O–H groups in total. The van der Waals surface area contributed by atoms with Crippen LogP contribution in [0.4, 0.5) is 0 Å². The summed E-state index contributed by atoms with van der Waals surface area (Å²) in [4.78, 5) is 2.71. The van der Waals surface area contributed by atoms with E-state index in [0.717, 1.165) is 25.6 Å². The lowest BCUT2D eigenvalue weighted by Crippen LogP contribution is -2.60. The first-order valence-electron chi connectivity index (χ1n) is 8.65. The number of nitrogens with zero attached hydrogens (tertiary/aromatic N) is 1. The van der Waals surface area contributed by atoms with Gasteiger partial charge < -0.3 is 10.1 Å². The van der Waals surface area contributed by atoms with Crippen molar-refractivity contribution in [1.82, 2.24) is 10.2 Å². The predicted octanol–water partition coefficient (Wildman–Crippen LogP) is 2.90. The van der Waals surface area contributed by atoms with E-state index in [2.05, 4.69) is 37.9 Å². The van der Waals surface area contributed by atoms with Crippen LogP contribution in [-0.4, -0.2) is 49.3 Å². The fraction of sp³-hybridized carbons (Fsp3) is 1.00. The second-order valence-corrected chi connectivity index (χ2v) is 7.49. The van der Waals surface area contributed by atoms with Crippen molar-refractivity contribution in [3.05, 3.63) is 0 Å². The van der Waals surface area contributed by atoms with Gasteiger partial charge in [0.05, 0.1) is 6.10 Å². The van der Waals surface area contributed by atoms with Gasteiger partial charge in [0.1, 0.15) is 0 Å². The quantitative estimate of drug-likeness (QED) is 0.839. The molecule has 2 aliphatic rings. The Morgan fingerprint density at radius 1 is 1.20 bits per heavy atom. The number of piperazine rings is 1. The van der Waals surface area contributed by atoms with Gasteiger partial charge in [-0.25, -0.2) is 0 Å². The summed E-state index contributed by atoms with van der Waals surface area (Å²) >= 11 is 0. The third-order valence-electron chi connectivity index (χ3n) is 4.78. The monoisotopic (exact) mass is 282 g/mol. The van der Waals surface area contributed by atoms with Crippen molar-refractivity contribution in [3.63, 3.8) is 0 Å². The van der Waals surface area contributed by atoms with E-state index in [4.69, 9.17) is 4.74 Å². The zero-order valence-corrected chi connectivity index (χ0v) is 13.9. The largest absolute Gasteiger partial charge is 0.377 e. The fourth-order valence-electron chi connectivity index (χ4n) is 3.71. The number of rotatable bonds is 5. The van der Waals surface area contributed by atoms with Crippen LogP contribution in [0.1, 0.15) is 53.4 Å². The van der Waals surface area contributed by atoms with E-state index in [1.54, 1.807) is 0 Å². The van der Waals surface area contributed by atoms with Crippen molar-refractivity contribution in [3.8, 4) is 0 Å². The minimum atomic E-state index is 0.475. The molecule has 3 unspecified atom stereocenters. The summed E-state index contributed by atoms with van der Waals surface area (Å²) in [5.74, 6) is 1.49. The van der Waals surface area contributed by atoms with Crippen molar-refractivity contribution in [2.24, 2.45) is 11.8 Å². The Hall–Kier alpha value is -0.120. The van der Waals surface area contributed by atoms with E-state index < -0.39 is 0 Å². The first-order valence-corrected chi connectivity index (χ1v) is 8.65. The third-order valence-corrected chi connectivity index (χ3v) is 4.78. The van der Waals surface area contributed by atoms with E-state index in [1.165, 1.54) is 32.2 Å². The molecule has 3 nitrogen and oxygen atoms in total. The van der Waals surface area contributed by atoms with E-state index in [0.29, 0.717) is 24.1 Å². The first kappa shape index (κ1) is 16.3. The van der Waals surface area contributed by atoms with Crippen LogP contribution in [0.5, 0.6) is 0 Å². The van der Waals surface area contributed by atoms with Crippen molar-refractivity contribution in [2.75, 3.05) is 26.2 Å². The van der Waals surface area contributed by atoms with Gasteiger partial charge in [0.25, 0.3) is 0 Å². The highest BCUT2D eigenvalue weighted by Gasteiger charge is 2.31. The zero-order chi connectivity index (χ0) is 14.5. The molecule has 0 bridgehead atoms. The van der Waals surface area contributed by atoms with Crippen molar-refractivity contribution in [2.45, 2.75) is 71.6 Å². The predicted molar refractivity (Wildman–Crippen MR) is 85.0 cm³/mol. The van der Waals surface area contributed by atoms with Gasteiger partial charge in [-0.1, -0.05) is 27.7 Å². The molecule has 2 aliphatic heterocycles. The summed E-state index contributed by atoms with van der Waals surface area (Å²) in [7, 11) is 0. The fourth-order valence-corrected chi connectivity index (χ4v) is 3.71. The van der Waals surface area contributed by atoms with Crippen molar-refractivity contribution < 1.29 is 4.74 Å². The average Bonchev–Trinajstić information content (AvgIpc) is 2.39. The number of ether oxygens (including phenoxy) is 1. The Bertz CT molecular complexity index is 274. The van der Waals surface area contributed by atoms with E-state index in [9.17, 15) is 0 Å². The molecule has 20 heavy (non-hydrogen) atoms. The number of nitrogens with one attached hydrogen (secondary N) is 1. The SMILES string of the molecule is CC(C)CC1CN(CC2CCCCO2)C(C(C)C)CN1. The molecular weight excluding hydrogens is 248 g/mol. The van der Waals surface area contributed by atoms with Gasteiger partial charge in [-0.15, -0.1) is 0 Å². The van der Waals surface area contributed by atoms with Gasteiger partial charge in [-0.3, -0.25) is 4.90 Å². The van der Waals surface area contributed by atoms with E-state index in [1.807, 2.05) is 0 Å². The Kier molecular flexibility index (Phi) is 6.31. The summed E-state index contributed by atoms with van der Waals surface area (Å²) in [5.41, 5.74) is 0. The van der Waals surface area contributed by atoms with Crippen LogP contribution in [0, 0.1) is 11.8 Å². The standard InChI is InChI=1S/C17H34N2O/c1-13(2)9-15-11-19(17(10-18-15)14(3)4)12-16-7-5-6-8-20-16/h13-18H,5-12H2,1-4H3. The molecule has 0 saturated carbocycles. The molecule has 0 aliphatic carbocycles. The molecule has 0 spiro atoms. The summed E-state index contributed by atoms with van der Waals surface area (Å²) in [6.07, 6.45) is 5.61. The molecule has 2 heterocycles. The molecule has 0 aromatic heterocycles. The summed E-state index contributed by atoms with van der Waals surface area (Å²) in [6, 6.07) is 1.33. The lowest BCUT2D eigenvalue weighted by atomic mass is 9.94. The second kappa shape index (κ2) is 7.77. The Morgan fingerprint density at radius 2 is 2.00 bits per heavy atom. The van der Waals surface area contributed by atoms with Gasteiger partial charge >= 0.3 is 0 Å². The normalized spacial score (nSPS) is 33.0. The van der Waals surface area contributed by atoms with E-state index >= 15 is 0 Å². The Morgan fingerprint density at radius 3 is 2.60 bits per heavy atom. The van der Waals surface area contributed by atoms with Crippen LogP contribution in [0.2, 0.25) is 0 Å². The second-order valence-electron chi connectivity index (χ2n) is 7.49. The highest BCUT2D eigenvalue weighted by atomic mass is 16.5. The summed E-state index contributed by atoms with van der Waals surface area (Å²) in [6.45, 7) is 13.8. The minimum Gasteiger partial charge on any atom is -0.377 e. The lowest BCUT2D eigenvalue weighted by Gasteiger charge is -2.44. The first-order chi connectivity index (χ1) is 9.56. The van der Waals surface area contributed by atoms with Gasteiger partial charge in [0, 0.05) is 38.3 Å². The zero-order valence-electron chi connectivity index (χ0n) is 13.9. The molecule has 118 valence electrons. The molecule has 3 heteroatoms. The molecule has 0 aromatic carbocycles. The van der Waals surface area contributed by atoms with Crippen LogP contribution in [0.3, 0.4) is 0 Å². The Labute approximate surface area is 125 Å². The molecular formula is C17H34N2O. The number of hydrogen-bond acceptors (Lipinski definition) is 3. The molecule has 0 amide bonds. The minimum absolute atomic E-state index is 0.475. The van der Waals surface area contributed by atoms with Crippen LogP contribution in [0.15, 0.2) is 0 Å². The highest BCUT2D eigenvalue weighted by molar-refractivity contribution is 4.89. The maximum Gasteiger partial charge on any atom is 0.0702 e. The van der Waals surface area contributed by atoms with Crippen LogP contribution >= 0.6 is 0 Å². The summed E-state index contributed by atoms with van der Waals surface area (Å²) in [5, 5.41) is 3.77. The molecule has 0 radical (unpaired) electrons. The topological polar surface area (TPSA) is 24.5 Å². The molecule has 2 fully saturated rings. The average molecular weight is 282 g/mol. The maximum absolute atomic E-state index is 5.96. The van der Waals surface area contributed by atoms with Crippen LogP contribution in [0.25, 0.3) is 0 Å². The highest BCUT2D eigenvalue weighted by Crippen LogP contribution is 2.21. The molecule has 0 aromatic rings. The van der Waals surface area contributed by atoms with Crippen LogP contribution < -0.4 is 5.32 Å². The molecule has 2 saturated heterocycles. The van der Waals surface area contributed by atoms with Gasteiger partial charge in [0.15, 0.2) is 0 Å². The number of hydrogen-bond donors (Lipinski definition) is 1. The smallest absolute Gasteiger partial charge is 0.0702 e. The van der Waals surface area contributed by atoms with Crippen LogP contribution in [-0.2, 0) is 4.74 Å². The lowest BCUT2D eigenvalue weighted by molar-refractivity contribution is -0.0276. The molecule has 3 atom stereocenters. The Balaban J connectivity index is 1.91. The van der Waals surface area contributed by atoms with Gasteiger partial charge in [-0.05, 0) is 37.5 Å². The van der Waals surface area contributed by atoms with Crippen molar-refractivity contribution in [1.29, 1.82) is 0 Å². The van der Waals surface area contributed by atoms with Gasteiger partial charge in [0.2, 0.25) is 0 Å². The summed E-state index contributed by atoms with van der Waals surface area (Å²) < 4.78 is 5.96. The van der Waals surface area contributed by atoms with Gasteiger partial charge in [-0.2, -0.15) is 0 Å². The van der Waals surface area contributed by atoms with E-state index in [-0.39, 0.29) is 0 Å².